The van der Waals surface area contributed by atoms with Gasteiger partial charge in [-0.15, -0.1) is 11.3 Å². The second-order valence-corrected chi connectivity index (χ2v) is 7.91. The molecule has 0 aliphatic carbocycles. The highest BCUT2D eigenvalue weighted by molar-refractivity contribution is 7.13. The molecule has 2 fully saturated rings. The fraction of sp³-hybridized carbons (Fsp3) is 0.579. The number of carbonyl (C=O) groups is 1. The molecule has 0 saturated carbocycles. The van der Waals surface area contributed by atoms with Gasteiger partial charge in [0.1, 0.15) is 11.3 Å². The van der Waals surface area contributed by atoms with E-state index >= 15 is 0 Å². The summed E-state index contributed by atoms with van der Waals surface area (Å²) in [5.41, 5.74) is 2.00. The van der Waals surface area contributed by atoms with E-state index in [2.05, 4.69) is 10.3 Å². The van der Waals surface area contributed by atoms with E-state index in [1.165, 1.54) is 0 Å². The first kappa shape index (κ1) is 17.7. The fourth-order valence-corrected chi connectivity index (χ4v) is 4.44. The summed E-state index contributed by atoms with van der Waals surface area (Å²) in [5, 5.41) is 3.03. The minimum Gasteiger partial charge on any atom is -0.472 e. The van der Waals surface area contributed by atoms with Gasteiger partial charge in [0.2, 0.25) is 5.91 Å². The van der Waals surface area contributed by atoms with Gasteiger partial charge in [0.15, 0.2) is 0 Å². The summed E-state index contributed by atoms with van der Waals surface area (Å²) >= 11 is 1.61. The van der Waals surface area contributed by atoms with Crippen molar-refractivity contribution in [3.63, 3.8) is 0 Å². The quantitative estimate of drug-likeness (QED) is 0.745. The molecule has 140 valence electrons. The van der Waals surface area contributed by atoms with Gasteiger partial charge >= 0.3 is 0 Å². The largest absolute Gasteiger partial charge is 0.472 e. The van der Waals surface area contributed by atoms with Crippen molar-refractivity contribution in [2.45, 2.75) is 38.3 Å². The minimum atomic E-state index is 0.228. The Morgan fingerprint density at radius 1 is 1.35 bits per heavy atom. The second-order valence-electron chi connectivity index (χ2n) is 7.05. The van der Waals surface area contributed by atoms with Gasteiger partial charge in [-0.25, -0.2) is 4.98 Å². The number of aromatic nitrogens is 1. The topological polar surface area (TPSA) is 58.8 Å². The summed E-state index contributed by atoms with van der Waals surface area (Å²) in [6.45, 7) is 4.53. The number of carbonyl (C=O) groups excluding carboxylic acids is 1. The molecule has 2 aromatic heterocycles. The average molecular weight is 375 g/mol. The molecule has 2 saturated heterocycles. The SMILES string of the molecule is O=C(CN(Cc1csc(-c2ccoc2)n1)CC1CCCO1)N1CCCC1. The predicted octanol–water partition coefficient (Wildman–Crippen LogP) is 3.01. The second kappa shape index (κ2) is 8.33. The third kappa shape index (κ3) is 4.34. The van der Waals surface area contributed by atoms with Gasteiger partial charge in [0.25, 0.3) is 0 Å². The summed E-state index contributed by atoms with van der Waals surface area (Å²) in [6.07, 6.45) is 8.03. The van der Waals surface area contributed by atoms with E-state index < -0.39 is 0 Å². The van der Waals surface area contributed by atoms with Crippen LogP contribution in [0.1, 0.15) is 31.4 Å². The van der Waals surface area contributed by atoms with Crippen molar-refractivity contribution in [2.24, 2.45) is 0 Å². The summed E-state index contributed by atoms with van der Waals surface area (Å²) < 4.78 is 10.9. The van der Waals surface area contributed by atoms with E-state index in [0.29, 0.717) is 13.1 Å². The predicted molar refractivity (Wildman–Crippen MR) is 99.9 cm³/mol. The van der Waals surface area contributed by atoms with E-state index in [9.17, 15) is 4.79 Å². The van der Waals surface area contributed by atoms with Crippen LogP contribution < -0.4 is 0 Å². The Hall–Kier alpha value is -1.70. The van der Waals surface area contributed by atoms with Gasteiger partial charge in [-0.1, -0.05) is 0 Å². The van der Waals surface area contributed by atoms with Crippen LogP contribution >= 0.6 is 11.3 Å². The van der Waals surface area contributed by atoms with Crippen LogP contribution in [-0.4, -0.2) is 59.6 Å². The Morgan fingerprint density at radius 3 is 2.96 bits per heavy atom. The molecule has 0 spiro atoms. The number of furan rings is 1. The van der Waals surface area contributed by atoms with Crippen LogP contribution in [0.2, 0.25) is 0 Å². The maximum absolute atomic E-state index is 12.6. The lowest BCUT2D eigenvalue weighted by atomic mass is 10.2. The van der Waals surface area contributed by atoms with Crippen LogP contribution in [0, 0.1) is 0 Å². The van der Waals surface area contributed by atoms with Crippen molar-refractivity contribution in [3.8, 4) is 10.6 Å². The smallest absolute Gasteiger partial charge is 0.236 e. The molecule has 7 heteroatoms. The monoisotopic (exact) mass is 375 g/mol. The highest BCUT2D eigenvalue weighted by Gasteiger charge is 2.25. The van der Waals surface area contributed by atoms with Crippen molar-refractivity contribution in [1.29, 1.82) is 0 Å². The van der Waals surface area contributed by atoms with Crippen LogP contribution in [0.15, 0.2) is 28.4 Å². The maximum atomic E-state index is 12.6. The Kier molecular flexibility index (Phi) is 5.67. The van der Waals surface area contributed by atoms with Gasteiger partial charge in [-0.2, -0.15) is 0 Å². The highest BCUT2D eigenvalue weighted by atomic mass is 32.1. The molecule has 1 amide bonds. The summed E-state index contributed by atoms with van der Waals surface area (Å²) in [5.74, 6) is 0.228. The lowest BCUT2D eigenvalue weighted by Gasteiger charge is -2.26. The van der Waals surface area contributed by atoms with Crippen LogP contribution in [0.25, 0.3) is 10.6 Å². The number of thiazole rings is 1. The van der Waals surface area contributed by atoms with E-state index in [1.54, 1.807) is 23.9 Å². The van der Waals surface area contributed by atoms with Crippen molar-refractivity contribution >= 4 is 17.2 Å². The summed E-state index contributed by atoms with van der Waals surface area (Å²) in [6, 6.07) is 1.92. The molecule has 0 bridgehead atoms. The molecule has 2 aromatic rings. The van der Waals surface area contributed by atoms with E-state index in [-0.39, 0.29) is 12.0 Å². The average Bonchev–Trinajstić information content (AvgIpc) is 3.40. The van der Waals surface area contributed by atoms with E-state index in [0.717, 1.165) is 68.2 Å². The third-order valence-electron chi connectivity index (χ3n) is 5.01. The number of hydrogen-bond acceptors (Lipinski definition) is 6. The highest BCUT2D eigenvalue weighted by Crippen LogP contribution is 2.25. The number of amides is 1. The normalized spacial score (nSPS) is 20.3. The number of hydrogen-bond donors (Lipinski definition) is 0. The van der Waals surface area contributed by atoms with Gasteiger partial charge in [0.05, 0.1) is 24.6 Å². The fourth-order valence-electron chi connectivity index (χ4n) is 3.65. The van der Waals surface area contributed by atoms with Gasteiger partial charge in [0, 0.05) is 43.7 Å². The van der Waals surface area contributed by atoms with E-state index in [1.807, 2.05) is 11.0 Å². The number of rotatable bonds is 7. The van der Waals surface area contributed by atoms with E-state index in [4.69, 9.17) is 14.1 Å². The molecule has 4 heterocycles. The van der Waals surface area contributed by atoms with Crippen molar-refractivity contribution in [3.05, 3.63) is 29.7 Å². The molecule has 0 aromatic carbocycles. The zero-order chi connectivity index (χ0) is 17.8. The molecular formula is C19H25N3O3S. The van der Waals surface area contributed by atoms with Crippen molar-refractivity contribution in [2.75, 3.05) is 32.8 Å². The van der Waals surface area contributed by atoms with Crippen molar-refractivity contribution < 1.29 is 13.9 Å². The molecule has 2 aliphatic heterocycles. The molecule has 1 atom stereocenters. The Bertz CT molecular complexity index is 703. The molecular weight excluding hydrogens is 350 g/mol. The van der Waals surface area contributed by atoms with Gasteiger partial charge in [-0.05, 0) is 31.7 Å². The number of ether oxygens (including phenoxy) is 1. The van der Waals surface area contributed by atoms with Crippen LogP contribution in [0.3, 0.4) is 0 Å². The first-order valence-corrected chi connectivity index (χ1v) is 10.2. The first-order chi connectivity index (χ1) is 12.8. The van der Waals surface area contributed by atoms with Crippen molar-refractivity contribution in [1.82, 2.24) is 14.8 Å². The van der Waals surface area contributed by atoms with Gasteiger partial charge < -0.3 is 14.1 Å². The maximum Gasteiger partial charge on any atom is 0.236 e. The van der Waals surface area contributed by atoms with Crippen LogP contribution in [0.5, 0.6) is 0 Å². The molecule has 2 aliphatic rings. The lowest BCUT2D eigenvalue weighted by molar-refractivity contribution is -0.131. The Balaban J connectivity index is 1.42. The standard InChI is InChI=1S/C19H25N3O3S/c23-18(22-6-1-2-7-22)12-21(11-17-4-3-8-25-17)10-16-14-26-19(20-16)15-5-9-24-13-15/h5,9,13-14,17H,1-4,6-8,10-12H2. The Morgan fingerprint density at radius 2 is 2.23 bits per heavy atom. The zero-order valence-electron chi connectivity index (χ0n) is 14.9. The summed E-state index contributed by atoms with van der Waals surface area (Å²) in [7, 11) is 0. The number of nitrogens with zero attached hydrogens (tertiary/aromatic N) is 3. The molecule has 0 N–H and O–H groups in total. The molecule has 6 nitrogen and oxygen atoms in total. The minimum absolute atomic E-state index is 0.228. The first-order valence-electron chi connectivity index (χ1n) is 9.36. The van der Waals surface area contributed by atoms with Crippen LogP contribution in [-0.2, 0) is 16.1 Å². The molecule has 26 heavy (non-hydrogen) atoms. The lowest BCUT2D eigenvalue weighted by Crippen LogP contribution is -2.41. The third-order valence-corrected chi connectivity index (χ3v) is 5.95. The zero-order valence-corrected chi connectivity index (χ0v) is 15.7. The Labute approximate surface area is 157 Å². The molecule has 4 rings (SSSR count). The molecule has 0 radical (unpaired) electrons. The molecule has 1 unspecified atom stereocenters. The summed E-state index contributed by atoms with van der Waals surface area (Å²) in [4.78, 5) is 21.5. The number of likely N-dealkylation sites (tertiary alicyclic amines) is 1. The van der Waals surface area contributed by atoms with Crippen LogP contribution in [0.4, 0.5) is 0 Å². The van der Waals surface area contributed by atoms with Gasteiger partial charge in [-0.3, -0.25) is 9.69 Å².